The molecule has 5 nitrogen and oxygen atoms in total. The second-order valence-corrected chi connectivity index (χ2v) is 4.93. The lowest BCUT2D eigenvalue weighted by Gasteiger charge is -2.26. The maximum atomic E-state index is 11.1. The predicted molar refractivity (Wildman–Crippen MR) is 68.0 cm³/mol. The van der Waals surface area contributed by atoms with Crippen LogP contribution in [0.15, 0.2) is 0 Å². The molecule has 4 N–H and O–H groups in total. The Labute approximate surface area is 104 Å². The Morgan fingerprint density at radius 1 is 1.56 bits per heavy atom. The Morgan fingerprint density at radius 2 is 2.19 bits per heavy atom. The van der Waals surface area contributed by atoms with Gasteiger partial charge in [-0.05, 0) is 20.3 Å². The van der Waals surface area contributed by atoms with Gasteiger partial charge in [-0.2, -0.15) is 0 Å². The van der Waals surface area contributed by atoms with Crippen LogP contribution in [-0.2, 0) is 0 Å². The van der Waals surface area contributed by atoms with Crippen molar-refractivity contribution in [2.75, 3.05) is 26.7 Å². The van der Waals surface area contributed by atoms with Crippen molar-refractivity contribution in [2.24, 2.45) is 5.73 Å². The summed E-state index contributed by atoms with van der Waals surface area (Å²) in [5.74, 6) is 0. The molecule has 1 unspecified atom stereocenters. The first-order chi connectivity index (χ1) is 6.90. The molecular formula is C10H23ClN4O. The number of carbonyl (C=O) groups excluding carboxylic acids is 1. The third-order valence-corrected chi connectivity index (χ3v) is 2.47. The van der Waals surface area contributed by atoms with Crippen molar-refractivity contribution in [2.45, 2.75) is 31.8 Å². The van der Waals surface area contributed by atoms with E-state index in [1.807, 2.05) is 13.8 Å². The maximum absolute atomic E-state index is 11.1. The molecule has 1 aliphatic heterocycles. The van der Waals surface area contributed by atoms with Gasteiger partial charge in [0.1, 0.15) is 0 Å². The van der Waals surface area contributed by atoms with Crippen LogP contribution in [0.2, 0.25) is 0 Å². The first kappa shape index (κ1) is 15.5. The van der Waals surface area contributed by atoms with E-state index in [1.165, 1.54) is 0 Å². The molecular weight excluding hydrogens is 228 g/mol. The molecule has 1 heterocycles. The molecule has 0 saturated carbocycles. The summed E-state index contributed by atoms with van der Waals surface area (Å²) in [6.45, 7) is 6.82. The summed E-state index contributed by atoms with van der Waals surface area (Å²) in [6.07, 6.45) is 1.00. The number of likely N-dealkylation sites (tertiary alicyclic amines) is 1. The van der Waals surface area contributed by atoms with E-state index in [1.54, 1.807) is 7.05 Å². The van der Waals surface area contributed by atoms with Crippen LogP contribution >= 0.6 is 12.4 Å². The molecule has 96 valence electrons. The standard InChI is InChI=1S/C10H22N4O.ClH/c1-10(2,11)7-14-5-4-8(6-14)13-9(15)12-3;/h8H,4-7,11H2,1-3H3,(H2,12,13,15);1H. The van der Waals surface area contributed by atoms with E-state index in [2.05, 4.69) is 15.5 Å². The predicted octanol–water partition coefficient (Wildman–Crippen LogP) is 0.149. The molecule has 1 rings (SSSR count). The van der Waals surface area contributed by atoms with E-state index in [9.17, 15) is 4.79 Å². The second-order valence-electron chi connectivity index (χ2n) is 4.93. The molecule has 1 atom stereocenters. The highest BCUT2D eigenvalue weighted by Crippen LogP contribution is 2.12. The van der Waals surface area contributed by atoms with Gasteiger partial charge in [0.25, 0.3) is 0 Å². The Balaban J connectivity index is 0.00000225. The number of hydrogen-bond acceptors (Lipinski definition) is 3. The van der Waals surface area contributed by atoms with Gasteiger partial charge < -0.3 is 16.4 Å². The monoisotopic (exact) mass is 250 g/mol. The second kappa shape index (κ2) is 6.27. The van der Waals surface area contributed by atoms with E-state index in [0.717, 1.165) is 26.1 Å². The molecule has 1 fully saturated rings. The Kier molecular flexibility index (Phi) is 6.07. The van der Waals surface area contributed by atoms with Gasteiger partial charge in [0.15, 0.2) is 0 Å². The van der Waals surface area contributed by atoms with Crippen molar-refractivity contribution in [1.82, 2.24) is 15.5 Å². The van der Waals surface area contributed by atoms with Crippen LogP contribution in [0.25, 0.3) is 0 Å². The summed E-state index contributed by atoms with van der Waals surface area (Å²) >= 11 is 0. The number of nitrogens with zero attached hydrogens (tertiary/aromatic N) is 1. The minimum atomic E-state index is -0.165. The molecule has 0 aromatic heterocycles. The van der Waals surface area contributed by atoms with Crippen LogP contribution in [-0.4, -0.2) is 49.2 Å². The molecule has 2 amide bonds. The van der Waals surface area contributed by atoms with Crippen LogP contribution in [0, 0.1) is 0 Å². The summed E-state index contributed by atoms with van der Waals surface area (Å²) < 4.78 is 0. The highest BCUT2D eigenvalue weighted by molar-refractivity contribution is 5.85. The van der Waals surface area contributed by atoms with E-state index < -0.39 is 0 Å². The number of rotatable bonds is 3. The number of nitrogens with one attached hydrogen (secondary N) is 2. The summed E-state index contributed by atoms with van der Waals surface area (Å²) in [7, 11) is 1.63. The molecule has 0 bridgehead atoms. The fourth-order valence-electron chi connectivity index (χ4n) is 1.93. The first-order valence-corrected chi connectivity index (χ1v) is 5.40. The van der Waals surface area contributed by atoms with Crippen molar-refractivity contribution in [1.29, 1.82) is 0 Å². The summed E-state index contributed by atoms with van der Waals surface area (Å²) in [6, 6.07) is 0.154. The number of amides is 2. The highest BCUT2D eigenvalue weighted by Gasteiger charge is 2.26. The first-order valence-electron chi connectivity index (χ1n) is 5.40. The number of halogens is 1. The molecule has 0 aromatic rings. The third kappa shape index (κ3) is 5.53. The smallest absolute Gasteiger partial charge is 0.314 e. The molecule has 1 saturated heterocycles. The van der Waals surface area contributed by atoms with Gasteiger partial charge >= 0.3 is 6.03 Å². The zero-order valence-electron chi connectivity index (χ0n) is 10.2. The Hall–Kier alpha value is -0.520. The fraction of sp³-hybridized carbons (Fsp3) is 0.900. The fourth-order valence-corrected chi connectivity index (χ4v) is 1.93. The summed E-state index contributed by atoms with van der Waals surface area (Å²) in [5, 5.41) is 5.47. The Bertz CT molecular complexity index is 229. The number of nitrogens with two attached hydrogens (primary N) is 1. The van der Waals surface area contributed by atoms with Gasteiger partial charge in [0.2, 0.25) is 0 Å². The summed E-state index contributed by atoms with van der Waals surface area (Å²) in [4.78, 5) is 13.4. The van der Waals surface area contributed by atoms with Crippen LogP contribution in [0.3, 0.4) is 0 Å². The Morgan fingerprint density at radius 3 is 2.69 bits per heavy atom. The van der Waals surface area contributed by atoms with Gasteiger partial charge in [-0.1, -0.05) is 0 Å². The van der Waals surface area contributed by atoms with Gasteiger partial charge in [0.05, 0.1) is 0 Å². The van der Waals surface area contributed by atoms with Gasteiger partial charge in [-0.15, -0.1) is 12.4 Å². The lowest BCUT2D eigenvalue weighted by molar-refractivity contribution is 0.236. The van der Waals surface area contributed by atoms with E-state index in [4.69, 9.17) is 5.73 Å². The maximum Gasteiger partial charge on any atom is 0.314 e. The zero-order valence-corrected chi connectivity index (χ0v) is 11.1. The van der Waals surface area contributed by atoms with Gasteiger partial charge in [-0.25, -0.2) is 4.79 Å². The summed E-state index contributed by atoms with van der Waals surface area (Å²) in [5.41, 5.74) is 5.78. The topological polar surface area (TPSA) is 70.4 Å². The van der Waals surface area contributed by atoms with E-state index in [0.29, 0.717) is 0 Å². The number of urea groups is 1. The minimum Gasteiger partial charge on any atom is -0.341 e. The molecule has 16 heavy (non-hydrogen) atoms. The number of carbonyl (C=O) groups is 1. The minimum absolute atomic E-state index is 0. The number of hydrogen-bond donors (Lipinski definition) is 3. The van der Waals surface area contributed by atoms with Gasteiger partial charge in [0, 0.05) is 38.3 Å². The normalized spacial score (nSPS) is 21.4. The molecule has 0 aliphatic carbocycles. The van der Waals surface area contributed by atoms with E-state index >= 15 is 0 Å². The molecule has 0 radical (unpaired) electrons. The average molecular weight is 251 g/mol. The highest BCUT2D eigenvalue weighted by atomic mass is 35.5. The zero-order chi connectivity index (χ0) is 11.5. The lowest BCUT2D eigenvalue weighted by atomic mass is 10.1. The molecule has 1 aliphatic rings. The largest absolute Gasteiger partial charge is 0.341 e. The van der Waals surface area contributed by atoms with Crippen LogP contribution in [0.4, 0.5) is 4.79 Å². The average Bonchev–Trinajstić information content (AvgIpc) is 2.49. The SMILES string of the molecule is CNC(=O)NC1CCN(CC(C)(C)N)C1.Cl. The van der Waals surface area contributed by atoms with Crippen LogP contribution in [0.1, 0.15) is 20.3 Å². The van der Waals surface area contributed by atoms with Crippen molar-refractivity contribution < 1.29 is 4.79 Å². The molecule has 0 aromatic carbocycles. The molecule has 6 heteroatoms. The van der Waals surface area contributed by atoms with Crippen molar-refractivity contribution in [3.05, 3.63) is 0 Å². The van der Waals surface area contributed by atoms with Crippen molar-refractivity contribution in [3.8, 4) is 0 Å². The van der Waals surface area contributed by atoms with Crippen molar-refractivity contribution >= 4 is 18.4 Å². The van der Waals surface area contributed by atoms with E-state index in [-0.39, 0.29) is 30.0 Å². The lowest BCUT2D eigenvalue weighted by Crippen LogP contribution is -2.46. The van der Waals surface area contributed by atoms with Crippen LogP contribution in [0.5, 0.6) is 0 Å². The van der Waals surface area contributed by atoms with Crippen molar-refractivity contribution in [3.63, 3.8) is 0 Å². The van der Waals surface area contributed by atoms with Gasteiger partial charge in [-0.3, -0.25) is 4.90 Å². The van der Waals surface area contributed by atoms with Crippen LogP contribution < -0.4 is 16.4 Å². The molecule has 0 spiro atoms. The quantitative estimate of drug-likeness (QED) is 0.668. The third-order valence-electron chi connectivity index (χ3n) is 2.47.